The van der Waals surface area contributed by atoms with Gasteiger partial charge in [-0.15, -0.1) is 0 Å². The molecule has 0 aliphatic heterocycles. The molecule has 0 fully saturated rings. The van der Waals surface area contributed by atoms with Crippen molar-refractivity contribution in [2.75, 3.05) is 6.61 Å². The van der Waals surface area contributed by atoms with E-state index in [1.54, 1.807) is 13.8 Å². The Labute approximate surface area is 175 Å². The molecule has 0 amide bonds. The van der Waals surface area contributed by atoms with Crippen molar-refractivity contribution in [3.63, 3.8) is 0 Å². The van der Waals surface area contributed by atoms with E-state index in [1.807, 2.05) is 6.92 Å². The van der Waals surface area contributed by atoms with Gasteiger partial charge in [0.15, 0.2) is 11.6 Å². The highest BCUT2D eigenvalue weighted by atomic mass is 19.2. The minimum Gasteiger partial charge on any atom is -0.494 e. The number of rotatable bonds is 12. The van der Waals surface area contributed by atoms with E-state index in [9.17, 15) is 8.78 Å². The normalized spacial score (nSPS) is 15.1. The van der Waals surface area contributed by atoms with Crippen LogP contribution in [0.4, 0.5) is 8.78 Å². The molecule has 0 bridgehead atoms. The first kappa shape index (κ1) is 25.2. The summed E-state index contributed by atoms with van der Waals surface area (Å²) in [4.78, 5) is 0. The molecule has 0 aliphatic carbocycles. The van der Waals surface area contributed by atoms with Gasteiger partial charge in [0, 0.05) is 10.8 Å². The molecule has 1 aromatic carbocycles. The topological polar surface area (TPSA) is 18.5 Å². The van der Waals surface area contributed by atoms with Gasteiger partial charge in [-0.1, -0.05) is 60.1 Å². The van der Waals surface area contributed by atoms with E-state index < -0.39 is 11.6 Å². The standard InChI is InChI=1S/C25H38F2O2/c1-9-12-16(4)13-14-17(5)22(10-2)29-25-20(8)19(7)21(23(26)24(25)27)15-18(6)28-11-3/h15-17,22H,6-7,9-14H2,1-5,8H3/b21-15+. The van der Waals surface area contributed by atoms with Crippen molar-refractivity contribution in [1.82, 2.24) is 0 Å². The van der Waals surface area contributed by atoms with Gasteiger partial charge in [0.25, 0.3) is 0 Å². The fraction of sp³-hybridized carbons (Fsp3) is 0.600. The zero-order valence-corrected chi connectivity index (χ0v) is 19.0. The third-order valence-electron chi connectivity index (χ3n) is 5.58. The van der Waals surface area contributed by atoms with Gasteiger partial charge in [-0.3, -0.25) is 0 Å². The van der Waals surface area contributed by atoms with Crippen LogP contribution in [0.25, 0.3) is 12.7 Å². The fourth-order valence-electron chi connectivity index (χ4n) is 3.66. The smallest absolute Gasteiger partial charge is 0.201 e. The van der Waals surface area contributed by atoms with Gasteiger partial charge < -0.3 is 9.47 Å². The minimum atomic E-state index is -0.976. The van der Waals surface area contributed by atoms with Gasteiger partial charge in [-0.2, -0.15) is 4.39 Å². The predicted molar refractivity (Wildman–Crippen MR) is 118 cm³/mol. The highest BCUT2D eigenvalue weighted by Gasteiger charge is 2.23. The van der Waals surface area contributed by atoms with Gasteiger partial charge >= 0.3 is 0 Å². The molecular weight excluding hydrogens is 370 g/mol. The number of ether oxygens (including phenoxy) is 2. The zero-order chi connectivity index (χ0) is 22.1. The maximum Gasteiger partial charge on any atom is 0.201 e. The van der Waals surface area contributed by atoms with Crippen molar-refractivity contribution >= 4 is 12.7 Å². The SMILES string of the molecule is C=C(/C=c1/c(F)c(F)c(OC(CC)C(C)CCC(C)CCC)c(C)c1=C)OCC. The van der Waals surface area contributed by atoms with Gasteiger partial charge in [0.05, 0.1) is 6.61 Å². The summed E-state index contributed by atoms with van der Waals surface area (Å²) in [6.07, 6.45) is 6.43. The molecule has 4 heteroatoms. The summed E-state index contributed by atoms with van der Waals surface area (Å²) in [7, 11) is 0. The van der Waals surface area contributed by atoms with Crippen LogP contribution in [-0.4, -0.2) is 12.7 Å². The Balaban J connectivity index is 3.15. The summed E-state index contributed by atoms with van der Waals surface area (Å²) >= 11 is 0. The summed E-state index contributed by atoms with van der Waals surface area (Å²) in [5.41, 5.74) is 0.504. The summed E-state index contributed by atoms with van der Waals surface area (Å²) in [5.74, 6) is -0.808. The van der Waals surface area contributed by atoms with Crippen LogP contribution in [0, 0.1) is 30.4 Å². The molecule has 3 unspecified atom stereocenters. The van der Waals surface area contributed by atoms with Crippen LogP contribution in [0.5, 0.6) is 5.75 Å². The molecule has 1 aromatic rings. The van der Waals surface area contributed by atoms with Crippen LogP contribution >= 0.6 is 0 Å². The molecule has 0 saturated heterocycles. The second-order valence-electron chi connectivity index (χ2n) is 8.03. The average molecular weight is 409 g/mol. The minimum absolute atomic E-state index is 0.0352. The Bertz CT molecular complexity index is 785. The van der Waals surface area contributed by atoms with Crippen LogP contribution in [0.1, 0.15) is 72.3 Å². The van der Waals surface area contributed by atoms with E-state index in [4.69, 9.17) is 9.47 Å². The number of benzene rings is 1. The van der Waals surface area contributed by atoms with Crippen LogP contribution in [0.15, 0.2) is 12.3 Å². The Morgan fingerprint density at radius 1 is 1.07 bits per heavy atom. The lowest BCUT2D eigenvalue weighted by Crippen LogP contribution is -2.34. The lowest BCUT2D eigenvalue weighted by atomic mass is 9.91. The Kier molecular flexibility index (Phi) is 10.4. The van der Waals surface area contributed by atoms with Crippen molar-refractivity contribution in [2.45, 2.75) is 79.8 Å². The fourth-order valence-corrected chi connectivity index (χ4v) is 3.66. The van der Waals surface area contributed by atoms with E-state index in [-0.39, 0.29) is 28.7 Å². The second-order valence-corrected chi connectivity index (χ2v) is 8.03. The van der Waals surface area contributed by atoms with E-state index in [0.717, 1.165) is 19.3 Å². The molecule has 0 radical (unpaired) electrons. The van der Waals surface area contributed by atoms with Gasteiger partial charge in [-0.25, -0.2) is 4.39 Å². The summed E-state index contributed by atoms with van der Waals surface area (Å²) < 4.78 is 40.9. The first-order valence-corrected chi connectivity index (χ1v) is 10.8. The number of allylic oxidation sites excluding steroid dienone is 1. The van der Waals surface area contributed by atoms with Crippen LogP contribution in [0.2, 0.25) is 0 Å². The number of halogens is 2. The first-order valence-electron chi connectivity index (χ1n) is 10.8. The average Bonchev–Trinajstić information content (AvgIpc) is 2.68. The zero-order valence-electron chi connectivity index (χ0n) is 19.0. The quantitative estimate of drug-likeness (QED) is 0.394. The maximum absolute atomic E-state index is 14.9. The molecule has 0 heterocycles. The van der Waals surface area contributed by atoms with Gasteiger partial charge in [0.2, 0.25) is 5.82 Å². The van der Waals surface area contributed by atoms with Gasteiger partial charge in [0.1, 0.15) is 11.9 Å². The van der Waals surface area contributed by atoms with Crippen molar-refractivity contribution in [3.05, 3.63) is 40.0 Å². The van der Waals surface area contributed by atoms with Gasteiger partial charge in [-0.05, 0) is 49.8 Å². The molecule has 29 heavy (non-hydrogen) atoms. The first-order chi connectivity index (χ1) is 13.7. The van der Waals surface area contributed by atoms with Crippen molar-refractivity contribution in [2.24, 2.45) is 11.8 Å². The van der Waals surface area contributed by atoms with E-state index in [2.05, 4.69) is 33.9 Å². The summed E-state index contributed by atoms with van der Waals surface area (Å²) in [5, 5.41) is 0.444. The van der Waals surface area contributed by atoms with Crippen LogP contribution < -0.4 is 15.2 Å². The Hall–Kier alpha value is -1.84. The van der Waals surface area contributed by atoms with Crippen LogP contribution in [-0.2, 0) is 4.74 Å². The number of hydrogen-bond acceptors (Lipinski definition) is 2. The maximum atomic E-state index is 14.9. The third kappa shape index (κ3) is 6.87. The Morgan fingerprint density at radius 3 is 2.28 bits per heavy atom. The van der Waals surface area contributed by atoms with Crippen molar-refractivity contribution in [1.29, 1.82) is 0 Å². The molecule has 1 rings (SSSR count). The predicted octanol–water partition coefficient (Wildman–Crippen LogP) is 6.02. The lowest BCUT2D eigenvalue weighted by Gasteiger charge is -2.26. The molecule has 3 atom stereocenters. The van der Waals surface area contributed by atoms with E-state index >= 15 is 0 Å². The number of hydrogen-bond donors (Lipinski definition) is 0. The highest BCUT2D eigenvalue weighted by molar-refractivity contribution is 5.47. The molecule has 0 aromatic heterocycles. The van der Waals surface area contributed by atoms with E-state index in [0.29, 0.717) is 23.3 Å². The van der Waals surface area contributed by atoms with Crippen LogP contribution in [0.3, 0.4) is 0 Å². The molecule has 2 nitrogen and oxygen atoms in total. The monoisotopic (exact) mass is 408 g/mol. The molecule has 0 saturated carbocycles. The van der Waals surface area contributed by atoms with Crippen molar-refractivity contribution in [3.8, 4) is 5.75 Å². The molecular formula is C25H38F2O2. The summed E-state index contributed by atoms with van der Waals surface area (Å²) in [6, 6.07) is 0. The summed E-state index contributed by atoms with van der Waals surface area (Å²) in [6.45, 7) is 20.2. The lowest BCUT2D eigenvalue weighted by molar-refractivity contribution is 0.121. The highest BCUT2D eigenvalue weighted by Crippen LogP contribution is 2.27. The molecule has 0 N–H and O–H groups in total. The largest absolute Gasteiger partial charge is 0.494 e. The Morgan fingerprint density at radius 2 is 1.72 bits per heavy atom. The molecule has 0 aliphatic rings. The van der Waals surface area contributed by atoms with Crippen molar-refractivity contribution < 1.29 is 18.3 Å². The molecule has 0 spiro atoms. The molecule has 164 valence electrons. The third-order valence-corrected chi connectivity index (χ3v) is 5.58. The van der Waals surface area contributed by atoms with E-state index in [1.165, 1.54) is 18.9 Å². The second kappa shape index (κ2) is 12.0.